The molecule has 0 atom stereocenters. The number of carbonyl (C=O) groups is 1. The maximum absolute atomic E-state index is 13.0. The molecule has 1 aromatic carbocycles. The highest BCUT2D eigenvalue weighted by Crippen LogP contribution is 2.23. The van der Waals surface area contributed by atoms with Crippen LogP contribution in [0.3, 0.4) is 0 Å². The monoisotopic (exact) mass is 266 g/mol. The first-order chi connectivity index (χ1) is 8.56. The Labute approximate surface area is 106 Å². The van der Waals surface area contributed by atoms with E-state index in [9.17, 15) is 13.6 Å². The minimum Gasteiger partial charge on any atom is -0.478 e. The van der Waals surface area contributed by atoms with E-state index in [1.807, 2.05) is 0 Å². The smallest absolute Gasteiger partial charge is 0.337 e. The van der Waals surface area contributed by atoms with E-state index in [4.69, 9.17) is 5.11 Å². The van der Waals surface area contributed by atoms with Crippen molar-refractivity contribution in [2.24, 2.45) is 0 Å². The molecule has 2 aromatic rings. The molecular formula is C13H8F2O2S. The van der Waals surface area contributed by atoms with Gasteiger partial charge in [-0.25, -0.2) is 13.6 Å². The zero-order valence-corrected chi connectivity index (χ0v) is 9.88. The number of hydrogen-bond donors (Lipinski definition) is 1. The molecule has 1 N–H and O–H groups in total. The number of carboxylic acid groups (broad SMARTS) is 1. The van der Waals surface area contributed by atoms with E-state index in [2.05, 4.69) is 0 Å². The molecule has 0 aliphatic rings. The number of rotatable bonds is 3. The molecule has 0 aliphatic carbocycles. The third-order valence-corrected chi connectivity index (χ3v) is 3.12. The highest BCUT2D eigenvalue weighted by atomic mass is 32.1. The van der Waals surface area contributed by atoms with Crippen LogP contribution in [-0.2, 0) is 4.79 Å². The number of halogens is 2. The van der Waals surface area contributed by atoms with Crippen molar-refractivity contribution in [2.75, 3.05) is 0 Å². The summed E-state index contributed by atoms with van der Waals surface area (Å²) in [5.41, 5.74) is 0.188. The van der Waals surface area contributed by atoms with Gasteiger partial charge >= 0.3 is 5.97 Å². The Hall–Kier alpha value is -2.01. The van der Waals surface area contributed by atoms with Gasteiger partial charge in [0.05, 0.1) is 5.57 Å². The van der Waals surface area contributed by atoms with Crippen molar-refractivity contribution in [1.82, 2.24) is 0 Å². The van der Waals surface area contributed by atoms with Gasteiger partial charge in [0.2, 0.25) is 0 Å². The largest absolute Gasteiger partial charge is 0.478 e. The van der Waals surface area contributed by atoms with Gasteiger partial charge in [0.25, 0.3) is 0 Å². The Morgan fingerprint density at radius 3 is 2.39 bits per heavy atom. The predicted molar refractivity (Wildman–Crippen MR) is 66.2 cm³/mol. The third kappa shape index (κ3) is 2.81. The zero-order chi connectivity index (χ0) is 13.1. The van der Waals surface area contributed by atoms with Crippen LogP contribution in [0.2, 0.25) is 0 Å². The van der Waals surface area contributed by atoms with E-state index < -0.39 is 17.6 Å². The SMILES string of the molecule is O=C(O)/C(=C/c1cc(F)cc(F)c1)c1cccs1. The fourth-order valence-corrected chi connectivity index (χ4v) is 2.23. The lowest BCUT2D eigenvalue weighted by atomic mass is 10.1. The molecule has 92 valence electrons. The van der Waals surface area contributed by atoms with Crippen molar-refractivity contribution < 1.29 is 18.7 Å². The standard InChI is InChI=1S/C13H8F2O2S/c14-9-4-8(5-10(15)7-9)6-11(13(16)17)12-2-1-3-18-12/h1-7H,(H,16,17)/b11-6+. The number of thiophene rings is 1. The van der Waals surface area contributed by atoms with Crippen LogP contribution < -0.4 is 0 Å². The minimum absolute atomic E-state index is 0.00926. The molecule has 0 fully saturated rings. The Kier molecular flexibility index (Phi) is 3.53. The van der Waals surface area contributed by atoms with E-state index in [1.165, 1.54) is 17.4 Å². The van der Waals surface area contributed by atoms with Crippen molar-refractivity contribution in [2.45, 2.75) is 0 Å². The molecule has 0 radical (unpaired) electrons. The summed E-state index contributed by atoms with van der Waals surface area (Å²) in [6, 6.07) is 6.26. The van der Waals surface area contributed by atoms with Gasteiger partial charge in [-0.2, -0.15) is 0 Å². The van der Waals surface area contributed by atoms with Crippen LogP contribution in [0.1, 0.15) is 10.4 Å². The maximum Gasteiger partial charge on any atom is 0.337 e. The van der Waals surface area contributed by atoms with Crippen molar-refractivity contribution >= 4 is 29.0 Å². The molecule has 2 rings (SSSR count). The highest BCUT2D eigenvalue weighted by Gasteiger charge is 2.11. The molecular weight excluding hydrogens is 258 g/mol. The van der Waals surface area contributed by atoms with Crippen LogP contribution in [-0.4, -0.2) is 11.1 Å². The quantitative estimate of drug-likeness (QED) is 0.861. The van der Waals surface area contributed by atoms with E-state index in [0.29, 0.717) is 4.88 Å². The number of carboxylic acids is 1. The zero-order valence-electron chi connectivity index (χ0n) is 9.06. The lowest BCUT2D eigenvalue weighted by molar-refractivity contribution is -0.130. The second kappa shape index (κ2) is 5.10. The molecule has 0 spiro atoms. The molecule has 0 aliphatic heterocycles. The molecule has 1 heterocycles. The average molecular weight is 266 g/mol. The van der Waals surface area contributed by atoms with Gasteiger partial charge in [-0.1, -0.05) is 6.07 Å². The summed E-state index contributed by atoms with van der Waals surface area (Å²) in [5, 5.41) is 10.8. The Bertz CT molecular complexity index is 583. The second-order valence-electron chi connectivity index (χ2n) is 3.54. The normalized spacial score (nSPS) is 11.6. The van der Waals surface area contributed by atoms with Crippen molar-refractivity contribution in [1.29, 1.82) is 0 Å². The molecule has 0 saturated carbocycles. The van der Waals surface area contributed by atoms with E-state index in [1.54, 1.807) is 17.5 Å². The van der Waals surface area contributed by atoms with E-state index in [-0.39, 0.29) is 11.1 Å². The predicted octanol–water partition coefficient (Wildman–Crippen LogP) is 3.65. The summed E-state index contributed by atoms with van der Waals surface area (Å²) in [6.07, 6.45) is 1.25. The van der Waals surface area contributed by atoms with Crippen LogP contribution in [0.4, 0.5) is 8.78 Å². The van der Waals surface area contributed by atoms with Crippen LogP contribution in [0.25, 0.3) is 11.6 Å². The Morgan fingerprint density at radius 2 is 1.89 bits per heavy atom. The third-order valence-electron chi connectivity index (χ3n) is 2.21. The van der Waals surface area contributed by atoms with Crippen LogP contribution >= 0.6 is 11.3 Å². The first-order valence-electron chi connectivity index (χ1n) is 5.01. The summed E-state index contributed by atoms with van der Waals surface area (Å²) in [5.74, 6) is -2.61. The summed E-state index contributed by atoms with van der Waals surface area (Å²) in [4.78, 5) is 11.7. The van der Waals surface area contributed by atoms with E-state index >= 15 is 0 Å². The van der Waals surface area contributed by atoms with Crippen molar-refractivity contribution in [3.63, 3.8) is 0 Å². The first kappa shape index (κ1) is 12.4. The molecule has 0 saturated heterocycles. The van der Waals surface area contributed by atoms with Crippen molar-refractivity contribution in [3.8, 4) is 0 Å². The summed E-state index contributed by atoms with van der Waals surface area (Å²) in [6.45, 7) is 0. The molecule has 5 heteroatoms. The topological polar surface area (TPSA) is 37.3 Å². The van der Waals surface area contributed by atoms with Gasteiger partial charge in [0, 0.05) is 10.9 Å². The number of hydrogen-bond acceptors (Lipinski definition) is 2. The lowest BCUT2D eigenvalue weighted by Gasteiger charge is -2.00. The van der Waals surface area contributed by atoms with Crippen LogP contribution in [0.5, 0.6) is 0 Å². The fraction of sp³-hybridized carbons (Fsp3) is 0. The summed E-state index contributed by atoms with van der Waals surface area (Å²) >= 11 is 1.25. The molecule has 2 nitrogen and oxygen atoms in total. The molecule has 1 aromatic heterocycles. The second-order valence-corrected chi connectivity index (χ2v) is 4.49. The summed E-state index contributed by atoms with van der Waals surface area (Å²) < 4.78 is 26.0. The average Bonchev–Trinajstić information content (AvgIpc) is 2.77. The van der Waals surface area contributed by atoms with Gasteiger partial charge in [-0.05, 0) is 35.2 Å². The lowest BCUT2D eigenvalue weighted by Crippen LogP contribution is -1.97. The van der Waals surface area contributed by atoms with Crippen LogP contribution in [0, 0.1) is 11.6 Å². The molecule has 18 heavy (non-hydrogen) atoms. The molecule has 0 amide bonds. The highest BCUT2D eigenvalue weighted by molar-refractivity contribution is 7.11. The number of aliphatic carboxylic acids is 1. The van der Waals surface area contributed by atoms with Gasteiger partial charge in [-0.3, -0.25) is 0 Å². The summed E-state index contributed by atoms with van der Waals surface area (Å²) in [7, 11) is 0. The van der Waals surface area contributed by atoms with Gasteiger partial charge < -0.3 is 5.11 Å². The van der Waals surface area contributed by atoms with E-state index in [0.717, 1.165) is 18.2 Å². The Balaban J connectivity index is 2.48. The Morgan fingerprint density at radius 1 is 1.22 bits per heavy atom. The van der Waals surface area contributed by atoms with Crippen LogP contribution in [0.15, 0.2) is 35.7 Å². The molecule has 0 unspecified atom stereocenters. The van der Waals surface area contributed by atoms with Gasteiger partial charge in [-0.15, -0.1) is 11.3 Å². The number of benzene rings is 1. The van der Waals surface area contributed by atoms with Gasteiger partial charge in [0.15, 0.2) is 0 Å². The maximum atomic E-state index is 13.0. The van der Waals surface area contributed by atoms with Crippen molar-refractivity contribution in [3.05, 3.63) is 57.8 Å². The fourth-order valence-electron chi connectivity index (χ4n) is 1.50. The minimum atomic E-state index is -1.14. The first-order valence-corrected chi connectivity index (χ1v) is 5.89. The molecule has 0 bridgehead atoms. The van der Waals surface area contributed by atoms with Gasteiger partial charge in [0.1, 0.15) is 11.6 Å².